The first-order valence-electron chi connectivity index (χ1n) is 7.58. The Balaban J connectivity index is 1.91. The van der Waals surface area contributed by atoms with Crippen molar-refractivity contribution in [2.24, 2.45) is 0 Å². The summed E-state index contributed by atoms with van der Waals surface area (Å²) < 4.78 is 5.55. The molecule has 1 fully saturated rings. The Morgan fingerprint density at radius 1 is 1.45 bits per heavy atom. The molecule has 1 amide bonds. The highest BCUT2D eigenvalue weighted by atomic mass is 16.6. The van der Waals surface area contributed by atoms with E-state index in [4.69, 9.17) is 4.74 Å². The Labute approximate surface area is 129 Å². The summed E-state index contributed by atoms with van der Waals surface area (Å²) in [6.45, 7) is 7.77. The molecule has 1 aliphatic heterocycles. The first kappa shape index (κ1) is 14.8. The van der Waals surface area contributed by atoms with Gasteiger partial charge in [0, 0.05) is 43.0 Å². The number of rotatable bonds is 1. The number of ether oxygens (including phenoxy) is 1. The summed E-state index contributed by atoms with van der Waals surface area (Å²) in [6, 6.07) is 3.88. The summed E-state index contributed by atoms with van der Waals surface area (Å²) in [7, 11) is 0. The molecule has 0 radical (unpaired) electrons. The van der Waals surface area contributed by atoms with Crippen molar-refractivity contribution < 1.29 is 9.53 Å². The van der Waals surface area contributed by atoms with E-state index in [0.717, 1.165) is 23.1 Å². The lowest BCUT2D eigenvalue weighted by molar-refractivity contribution is 0.0119. The zero-order valence-electron chi connectivity index (χ0n) is 13.2. The topological polar surface area (TPSA) is 70.2 Å². The smallest absolute Gasteiger partial charge is 0.410 e. The molecule has 0 aliphatic carbocycles. The van der Waals surface area contributed by atoms with Crippen molar-refractivity contribution in [3.8, 4) is 0 Å². The summed E-state index contributed by atoms with van der Waals surface area (Å²) in [5.74, 6) is 0. The molecule has 0 spiro atoms. The van der Waals surface area contributed by atoms with Gasteiger partial charge in [-0.3, -0.25) is 4.90 Å². The first-order valence-corrected chi connectivity index (χ1v) is 7.58. The molecule has 6 heteroatoms. The Kier molecular flexibility index (Phi) is 3.78. The second kappa shape index (κ2) is 5.61. The predicted molar refractivity (Wildman–Crippen MR) is 84.6 cm³/mol. The molecule has 118 valence electrons. The summed E-state index contributed by atoms with van der Waals surface area (Å²) in [6.07, 6.45) is 3.43. The van der Waals surface area contributed by atoms with Crippen molar-refractivity contribution in [2.45, 2.75) is 32.4 Å². The zero-order chi connectivity index (χ0) is 15.7. The van der Waals surface area contributed by atoms with Crippen LogP contribution in [0, 0.1) is 0 Å². The van der Waals surface area contributed by atoms with Gasteiger partial charge in [0.2, 0.25) is 0 Å². The quantitative estimate of drug-likeness (QED) is 0.849. The Hall–Kier alpha value is -2.08. The Bertz CT molecular complexity index is 674. The van der Waals surface area contributed by atoms with Gasteiger partial charge in [0.1, 0.15) is 11.2 Å². The van der Waals surface area contributed by atoms with Crippen molar-refractivity contribution in [1.82, 2.24) is 20.2 Å². The van der Waals surface area contributed by atoms with Crippen molar-refractivity contribution in [3.05, 3.63) is 30.1 Å². The summed E-state index contributed by atoms with van der Waals surface area (Å²) in [5, 5.41) is 4.40. The van der Waals surface area contributed by atoms with Crippen LogP contribution in [0.3, 0.4) is 0 Å². The number of aromatic nitrogens is 2. The minimum absolute atomic E-state index is 0.0541. The standard InChI is InChI=1S/C16H22N4O2/c1-16(2,3)22-15(21)20-8-7-17-10-13(20)12-9-19-14-11(12)5-4-6-18-14/h4-6,9,13,17H,7-8,10H2,1-3H3,(H,18,19). The fraction of sp³-hybridized carbons (Fsp3) is 0.500. The maximum absolute atomic E-state index is 12.5. The van der Waals surface area contributed by atoms with Gasteiger partial charge in [-0.05, 0) is 32.9 Å². The molecule has 22 heavy (non-hydrogen) atoms. The zero-order valence-corrected chi connectivity index (χ0v) is 13.2. The molecular weight excluding hydrogens is 280 g/mol. The van der Waals surface area contributed by atoms with E-state index in [9.17, 15) is 4.79 Å². The van der Waals surface area contributed by atoms with E-state index >= 15 is 0 Å². The monoisotopic (exact) mass is 302 g/mol. The summed E-state index contributed by atoms with van der Waals surface area (Å²) in [4.78, 5) is 21.8. The number of pyridine rings is 1. The maximum atomic E-state index is 12.5. The van der Waals surface area contributed by atoms with Gasteiger partial charge < -0.3 is 15.0 Å². The van der Waals surface area contributed by atoms with Crippen molar-refractivity contribution in [3.63, 3.8) is 0 Å². The molecule has 1 saturated heterocycles. The van der Waals surface area contributed by atoms with Gasteiger partial charge in [0.25, 0.3) is 0 Å². The largest absolute Gasteiger partial charge is 0.444 e. The van der Waals surface area contributed by atoms with E-state index in [1.54, 1.807) is 11.1 Å². The molecule has 0 aromatic carbocycles. The number of hydrogen-bond acceptors (Lipinski definition) is 4. The highest BCUT2D eigenvalue weighted by molar-refractivity contribution is 5.81. The number of aromatic amines is 1. The van der Waals surface area contributed by atoms with Gasteiger partial charge in [0.15, 0.2) is 0 Å². The van der Waals surface area contributed by atoms with Gasteiger partial charge in [0.05, 0.1) is 6.04 Å². The van der Waals surface area contributed by atoms with Gasteiger partial charge in [-0.2, -0.15) is 0 Å². The number of carbonyl (C=O) groups excluding carboxylic acids is 1. The lowest BCUT2D eigenvalue weighted by atomic mass is 10.0. The second-order valence-corrected chi connectivity index (χ2v) is 6.54. The van der Waals surface area contributed by atoms with Gasteiger partial charge in [-0.25, -0.2) is 9.78 Å². The highest BCUT2D eigenvalue weighted by Gasteiger charge is 2.32. The Morgan fingerprint density at radius 2 is 2.27 bits per heavy atom. The van der Waals surface area contributed by atoms with Crippen molar-refractivity contribution >= 4 is 17.1 Å². The van der Waals surface area contributed by atoms with Gasteiger partial charge in [-0.1, -0.05) is 0 Å². The molecule has 1 atom stereocenters. The minimum atomic E-state index is -0.492. The second-order valence-electron chi connectivity index (χ2n) is 6.54. The van der Waals surface area contributed by atoms with Gasteiger partial charge >= 0.3 is 6.09 Å². The third-order valence-corrected chi connectivity index (χ3v) is 3.71. The van der Waals surface area contributed by atoms with Crippen LogP contribution in [-0.4, -0.2) is 46.2 Å². The third-order valence-electron chi connectivity index (χ3n) is 3.71. The summed E-state index contributed by atoms with van der Waals surface area (Å²) in [5.41, 5.74) is 1.42. The average Bonchev–Trinajstić information content (AvgIpc) is 2.89. The van der Waals surface area contributed by atoms with Crippen LogP contribution in [0.1, 0.15) is 32.4 Å². The van der Waals surface area contributed by atoms with E-state index in [1.165, 1.54) is 0 Å². The van der Waals surface area contributed by atoms with Crippen molar-refractivity contribution in [1.29, 1.82) is 0 Å². The van der Waals surface area contributed by atoms with Crippen LogP contribution in [-0.2, 0) is 4.74 Å². The number of amides is 1. The van der Waals surface area contributed by atoms with Crippen LogP contribution < -0.4 is 5.32 Å². The SMILES string of the molecule is CC(C)(C)OC(=O)N1CCNCC1c1c[nH]c2ncccc12. The number of piperazine rings is 1. The normalized spacial score (nSPS) is 19.4. The average molecular weight is 302 g/mol. The van der Waals surface area contributed by atoms with E-state index in [0.29, 0.717) is 13.1 Å². The third kappa shape index (κ3) is 2.92. The van der Waals surface area contributed by atoms with E-state index < -0.39 is 5.60 Å². The van der Waals surface area contributed by atoms with Crippen LogP contribution in [0.5, 0.6) is 0 Å². The summed E-state index contributed by atoms with van der Waals surface area (Å²) >= 11 is 0. The molecule has 0 bridgehead atoms. The van der Waals surface area contributed by atoms with Crippen molar-refractivity contribution in [2.75, 3.05) is 19.6 Å². The van der Waals surface area contributed by atoms with E-state index in [1.807, 2.05) is 39.1 Å². The first-order chi connectivity index (χ1) is 10.5. The fourth-order valence-electron chi connectivity index (χ4n) is 2.77. The Morgan fingerprint density at radius 3 is 3.05 bits per heavy atom. The number of nitrogens with one attached hydrogen (secondary N) is 2. The van der Waals surface area contributed by atoms with Crippen LogP contribution in [0.25, 0.3) is 11.0 Å². The minimum Gasteiger partial charge on any atom is -0.444 e. The van der Waals surface area contributed by atoms with Crippen LogP contribution in [0.15, 0.2) is 24.5 Å². The maximum Gasteiger partial charge on any atom is 0.410 e. The fourth-order valence-corrected chi connectivity index (χ4v) is 2.77. The molecule has 1 unspecified atom stereocenters. The molecule has 3 rings (SSSR count). The predicted octanol–water partition coefficient (Wildman–Crippen LogP) is 2.44. The molecule has 2 aromatic rings. The van der Waals surface area contributed by atoms with E-state index in [-0.39, 0.29) is 12.1 Å². The molecule has 0 saturated carbocycles. The number of nitrogens with zero attached hydrogens (tertiary/aromatic N) is 2. The lowest BCUT2D eigenvalue weighted by Crippen LogP contribution is -2.50. The number of carbonyl (C=O) groups is 1. The van der Waals surface area contributed by atoms with Crippen LogP contribution in [0.2, 0.25) is 0 Å². The van der Waals surface area contributed by atoms with Gasteiger partial charge in [-0.15, -0.1) is 0 Å². The molecule has 3 heterocycles. The number of fused-ring (bicyclic) bond motifs is 1. The molecule has 6 nitrogen and oxygen atoms in total. The number of H-pyrrole nitrogens is 1. The number of hydrogen-bond donors (Lipinski definition) is 2. The van der Waals surface area contributed by atoms with Crippen LogP contribution >= 0.6 is 0 Å². The molecule has 2 aromatic heterocycles. The van der Waals surface area contributed by atoms with Crippen LogP contribution in [0.4, 0.5) is 4.79 Å². The lowest BCUT2D eigenvalue weighted by Gasteiger charge is -2.37. The molecular formula is C16H22N4O2. The molecule has 1 aliphatic rings. The highest BCUT2D eigenvalue weighted by Crippen LogP contribution is 2.29. The molecule has 2 N–H and O–H groups in total. The van der Waals surface area contributed by atoms with E-state index in [2.05, 4.69) is 15.3 Å².